The summed E-state index contributed by atoms with van der Waals surface area (Å²) in [6, 6.07) is 8.92. The van der Waals surface area contributed by atoms with Crippen LogP contribution in [0.15, 0.2) is 24.3 Å². The van der Waals surface area contributed by atoms with Gasteiger partial charge in [0, 0.05) is 18.8 Å². The third-order valence-electron chi connectivity index (χ3n) is 3.25. The topological polar surface area (TPSA) is 46.2 Å². The monoisotopic (exact) mass is 253 g/mol. The van der Waals surface area contributed by atoms with Crippen LogP contribution in [-0.2, 0) is 22.7 Å². The Kier molecular flexibility index (Phi) is 3.84. The molecule has 0 saturated heterocycles. The van der Waals surface area contributed by atoms with Crippen LogP contribution in [0.4, 0.5) is 0 Å². The minimum absolute atomic E-state index is 0.227. The van der Waals surface area contributed by atoms with Gasteiger partial charge in [0.25, 0.3) is 0 Å². The van der Waals surface area contributed by atoms with Crippen LogP contribution in [0.3, 0.4) is 0 Å². The van der Waals surface area contributed by atoms with Gasteiger partial charge in [0.2, 0.25) is 0 Å². The maximum atomic E-state index is 11.0. The van der Waals surface area contributed by atoms with Crippen molar-refractivity contribution in [2.75, 3.05) is 18.6 Å². The SMILES string of the molecule is CS(=O)(=O)CCNC1CCc2ccccc2C1. The zero-order valence-corrected chi connectivity index (χ0v) is 11.0. The van der Waals surface area contributed by atoms with E-state index in [4.69, 9.17) is 0 Å². The lowest BCUT2D eigenvalue weighted by atomic mass is 9.88. The smallest absolute Gasteiger partial charge is 0.148 e. The molecular formula is C13H19NO2S. The summed E-state index contributed by atoms with van der Waals surface area (Å²) in [6.07, 6.45) is 4.48. The Morgan fingerprint density at radius 1 is 1.29 bits per heavy atom. The molecule has 0 heterocycles. The van der Waals surface area contributed by atoms with Crippen molar-refractivity contribution in [1.29, 1.82) is 0 Å². The molecule has 3 nitrogen and oxygen atoms in total. The fourth-order valence-electron chi connectivity index (χ4n) is 2.32. The number of nitrogens with one attached hydrogen (secondary N) is 1. The molecule has 17 heavy (non-hydrogen) atoms. The maximum Gasteiger partial charge on any atom is 0.148 e. The summed E-state index contributed by atoms with van der Waals surface area (Å²) in [5.41, 5.74) is 2.84. The molecule has 1 N–H and O–H groups in total. The van der Waals surface area contributed by atoms with Crippen LogP contribution >= 0.6 is 0 Å². The first kappa shape index (κ1) is 12.6. The molecule has 0 spiro atoms. The van der Waals surface area contributed by atoms with E-state index in [-0.39, 0.29) is 5.75 Å². The third kappa shape index (κ3) is 3.82. The van der Waals surface area contributed by atoms with Gasteiger partial charge in [-0.25, -0.2) is 8.42 Å². The zero-order valence-electron chi connectivity index (χ0n) is 10.1. The third-order valence-corrected chi connectivity index (χ3v) is 4.20. The Morgan fingerprint density at radius 3 is 2.71 bits per heavy atom. The van der Waals surface area contributed by atoms with Gasteiger partial charge in [0.15, 0.2) is 0 Å². The van der Waals surface area contributed by atoms with E-state index in [1.54, 1.807) is 0 Å². The van der Waals surface area contributed by atoms with Crippen LogP contribution in [0.25, 0.3) is 0 Å². The molecule has 1 aromatic rings. The van der Waals surface area contributed by atoms with E-state index in [9.17, 15) is 8.42 Å². The maximum absolute atomic E-state index is 11.0. The molecule has 0 saturated carbocycles. The number of rotatable bonds is 4. The summed E-state index contributed by atoms with van der Waals surface area (Å²) < 4.78 is 22.1. The average molecular weight is 253 g/mol. The van der Waals surface area contributed by atoms with Crippen molar-refractivity contribution in [1.82, 2.24) is 5.32 Å². The lowest BCUT2D eigenvalue weighted by Gasteiger charge is -2.25. The number of sulfone groups is 1. The summed E-state index contributed by atoms with van der Waals surface area (Å²) in [5, 5.41) is 3.34. The predicted molar refractivity (Wildman–Crippen MR) is 70.0 cm³/mol. The van der Waals surface area contributed by atoms with Gasteiger partial charge in [-0.1, -0.05) is 24.3 Å². The molecule has 1 aromatic carbocycles. The van der Waals surface area contributed by atoms with Crippen molar-refractivity contribution in [3.8, 4) is 0 Å². The molecule has 4 heteroatoms. The van der Waals surface area contributed by atoms with Crippen molar-refractivity contribution < 1.29 is 8.42 Å². The first-order chi connectivity index (χ1) is 8.04. The predicted octanol–water partition coefficient (Wildman–Crippen LogP) is 1.18. The zero-order chi connectivity index (χ0) is 12.3. The van der Waals surface area contributed by atoms with Crippen LogP contribution in [0.5, 0.6) is 0 Å². The van der Waals surface area contributed by atoms with Gasteiger partial charge >= 0.3 is 0 Å². The molecule has 0 aromatic heterocycles. The van der Waals surface area contributed by atoms with Crippen molar-refractivity contribution >= 4 is 9.84 Å². The summed E-state index contributed by atoms with van der Waals surface area (Å²) in [6.45, 7) is 0.561. The second-order valence-electron chi connectivity index (χ2n) is 4.79. The summed E-state index contributed by atoms with van der Waals surface area (Å²) in [4.78, 5) is 0. The largest absolute Gasteiger partial charge is 0.313 e. The quantitative estimate of drug-likeness (QED) is 0.876. The second-order valence-corrected chi connectivity index (χ2v) is 7.05. The van der Waals surface area contributed by atoms with Crippen LogP contribution < -0.4 is 5.32 Å². The van der Waals surface area contributed by atoms with Gasteiger partial charge in [-0.05, 0) is 30.4 Å². The van der Waals surface area contributed by atoms with E-state index in [2.05, 4.69) is 29.6 Å². The molecule has 0 bridgehead atoms. The van der Waals surface area contributed by atoms with Crippen LogP contribution in [0, 0.1) is 0 Å². The summed E-state index contributed by atoms with van der Waals surface area (Å²) in [7, 11) is -2.85. The van der Waals surface area contributed by atoms with Gasteiger partial charge in [-0.3, -0.25) is 0 Å². The molecule has 0 radical (unpaired) electrons. The highest BCUT2D eigenvalue weighted by atomic mass is 32.2. The van der Waals surface area contributed by atoms with E-state index >= 15 is 0 Å². The Bertz CT molecular complexity index is 482. The minimum Gasteiger partial charge on any atom is -0.313 e. The van der Waals surface area contributed by atoms with Crippen LogP contribution in [0.2, 0.25) is 0 Å². The molecular weight excluding hydrogens is 234 g/mol. The number of fused-ring (bicyclic) bond motifs is 1. The summed E-state index contributed by atoms with van der Waals surface area (Å²) in [5.74, 6) is 0.227. The van der Waals surface area contributed by atoms with Crippen molar-refractivity contribution in [3.63, 3.8) is 0 Å². The molecule has 2 rings (SSSR count). The van der Waals surface area contributed by atoms with Gasteiger partial charge in [-0.2, -0.15) is 0 Å². The van der Waals surface area contributed by atoms with Gasteiger partial charge in [0.05, 0.1) is 5.75 Å². The standard InChI is InChI=1S/C13H19NO2S/c1-17(15,16)9-8-14-13-7-6-11-4-2-3-5-12(11)10-13/h2-5,13-14H,6-10H2,1H3. The first-order valence-electron chi connectivity index (χ1n) is 6.02. The van der Waals surface area contributed by atoms with E-state index in [1.807, 2.05) is 0 Å². The first-order valence-corrected chi connectivity index (χ1v) is 8.08. The average Bonchev–Trinajstić information content (AvgIpc) is 2.27. The highest BCUT2D eigenvalue weighted by Crippen LogP contribution is 2.20. The van der Waals surface area contributed by atoms with Crippen LogP contribution in [-0.4, -0.2) is 33.0 Å². The van der Waals surface area contributed by atoms with Gasteiger partial charge in [0.1, 0.15) is 9.84 Å². The fourth-order valence-corrected chi connectivity index (χ4v) is 2.81. The molecule has 94 valence electrons. The van der Waals surface area contributed by atoms with Crippen molar-refractivity contribution in [2.24, 2.45) is 0 Å². The second kappa shape index (κ2) is 5.19. The number of aryl methyl sites for hydroxylation is 1. The van der Waals surface area contributed by atoms with E-state index in [0.29, 0.717) is 12.6 Å². The lowest BCUT2D eigenvalue weighted by molar-refractivity contribution is 0.470. The van der Waals surface area contributed by atoms with Gasteiger partial charge in [-0.15, -0.1) is 0 Å². The molecule has 1 atom stereocenters. The fraction of sp³-hybridized carbons (Fsp3) is 0.538. The number of hydrogen-bond donors (Lipinski definition) is 1. The highest BCUT2D eigenvalue weighted by molar-refractivity contribution is 7.90. The molecule has 0 fully saturated rings. The minimum atomic E-state index is -2.85. The normalized spacial score (nSPS) is 19.9. The molecule has 1 unspecified atom stereocenters. The lowest BCUT2D eigenvalue weighted by Crippen LogP contribution is -2.37. The van der Waals surface area contributed by atoms with Crippen LogP contribution in [0.1, 0.15) is 17.5 Å². The molecule has 1 aliphatic rings. The Labute approximate surface area is 103 Å². The molecule has 0 aliphatic heterocycles. The Balaban J connectivity index is 1.86. The van der Waals surface area contributed by atoms with Crippen molar-refractivity contribution in [2.45, 2.75) is 25.3 Å². The van der Waals surface area contributed by atoms with E-state index in [1.165, 1.54) is 17.4 Å². The molecule has 0 amide bonds. The molecule has 1 aliphatic carbocycles. The van der Waals surface area contributed by atoms with E-state index in [0.717, 1.165) is 19.3 Å². The Hall–Kier alpha value is -0.870. The Morgan fingerprint density at radius 2 is 2.00 bits per heavy atom. The van der Waals surface area contributed by atoms with E-state index < -0.39 is 9.84 Å². The van der Waals surface area contributed by atoms with Crippen molar-refractivity contribution in [3.05, 3.63) is 35.4 Å². The summed E-state index contributed by atoms with van der Waals surface area (Å²) >= 11 is 0. The number of benzene rings is 1. The van der Waals surface area contributed by atoms with Gasteiger partial charge < -0.3 is 5.32 Å². The highest BCUT2D eigenvalue weighted by Gasteiger charge is 2.17. The number of hydrogen-bond acceptors (Lipinski definition) is 3.